The van der Waals surface area contributed by atoms with Crippen molar-refractivity contribution in [2.75, 3.05) is 6.54 Å². The first-order valence-corrected chi connectivity index (χ1v) is 9.00. The van der Waals surface area contributed by atoms with E-state index in [-0.39, 0.29) is 6.04 Å². The standard InChI is InChI=1S/C14H22BrNO2S/c1-4-10-16-13(5-2)11(3)19(17,18)14-9-7-6-8-12(14)15/h6-9,11,13,16H,4-5,10H2,1-3H3. The molecule has 2 atom stereocenters. The molecule has 1 aromatic rings. The van der Waals surface area contributed by atoms with Crippen LogP contribution in [0, 0.1) is 0 Å². The summed E-state index contributed by atoms with van der Waals surface area (Å²) >= 11 is 3.32. The second kappa shape index (κ2) is 7.41. The zero-order valence-corrected chi connectivity index (χ0v) is 14.1. The number of nitrogens with one attached hydrogen (secondary N) is 1. The maximum Gasteiger partial charge on any atom is 0.183 e. The van der Waals surface area contributed by atoms with Crippen LogP contribution >= 0.6 is 15.9 Å². The lowest BCUT2D eigenvalue weighted by Gasteiger charge is -2.24. The minimum Gasteiger partial charge on any atom is -0.313 e. The van der Waals surface area contributed by atoms with Crippen molar-refractivity contribution in [2.24, 2.45) is 0 Å². The van der Waals surface area contributed by atoms with Gasteiger partial charge >= 0.3 is 0 Å². The lowest BCUT2D eigenvalue weighted by Crippen LogP contribution is -2.42. The molecule has 0 saturated carbocycles. The zero-order valence-electron chi connectivity index (χ0n) is 11.7. The van der Waals surface area contributed by atoms with Gasteiger partial charge in [-0.1, -0.05) is 26.0 Å². The van der Waals surface area contributed by atoms with Crippen LogP contribution in [0.15, 0.2) is 33.6 Å². The fourth-order valence-corrected chi connectivity index (χ4v) is 4.76. The molecule has 0 aliphatic carbocycles. The van der Waals surface area contributed by atoms with E-state index in [9.17, 15) is 8.42 Å². The van der Waals surface area contributed by atoms with E-state index in [1.165, 1.54) is 0 Å². The fraction of sp³-hybridized carbons (Fsp3) is 0.571. The van der Waals surface area contributed by atoms with Crippen molar-refractivity contribution >= 4 is 25.8 Å². The van der Waals surface area contributed by atoms with E-state index in [2.05, 4.69) is 28.2 Å². The number of sulfone groups is 1. The minimum absolute atomic E-state index is 0.0166. The van der Waals surface area contributed by atoms with Gasteiger partial charge in [0, 0.05) is 10.5 Å². The molecule has 0 bridgehead atoms. The third-order valence-corrected chi connectivity index (χ3v) is 6.53. The van der Waals surface area contributed by atoms with Gasteiger partial charge in [-0.05, 0) is 54.4 Å². The monoisotopic (exact) mass is 347 g/mol. The quantitative estimate of drug-likeness (QED) is 0.822. The van der Waals surface area contributed by atoms with Crippen molar-refractivity contribution in [1.29, 1.82) is 0 Å². The minimum atomic E-state index is -3.32. The second-order valence-corrected chi connectivity index (χ2v) is 7.78. The molecule has 1 rings (SSSR count). The summed E-state index contributed by atoms with van der Waals surface area (Å²) in [7, 11) is -3.32. The SMILES string of the molecule is CCCNC(CC)C(C)S(=O)(=O)c1ccccc1Br. The molecule has 0 fully saturated rings. The topological polar surface area (TPSA) is 46.2 Å². The highest BCUT2D eigenvalue weighted by Gasteiger charge is 2.30. The first-order valence-electron chi connectivity index (χ1n) is 6.66. The van der Waals surface area contributed by atoms with Gasteiger partial charge in [0.2, 0.25) is 0 Å². The van der Waals surface area contributed by atoms with Crippen LogP contribution in [-0.4, -0.2) is 26.3 Å². The molecular weight excluding hydrogens is 326 g/mol. The molecule has 0 radical (unpaired) electrons. The summed E-state index contributed by atoms with van der Waals surface area (Å²) in [6, 6.07) is 6.98. The highest BCUT2D eigenvalue weighted by molar-refractivity contribution is 9.10. The van der Waals surface area contributed by atoms with Gasteiger partial charge in [0.1, 0.15) is 0 Å². The second-order valence-electron chi connectivity index (χ2n) is 4.65. The highest BCUT2D eigenvalue weighted by atomic mass is 79.9. The summed E-state index contributed by atoms with van der Waals surface area (Å²) in [5.74, 6) is 0. The molecule has 0 aliphatic rings. The Balaban J connectivity index is 3.02. The van der Waals surface area contributed by atoms with Gasteiger partial charge in [-0.25, -0.2) is 8.42 Å². The molecule has 0 aliphatic heterocycles. The largest absolute Gasteiger partial charge is 0.313 e. The van der Waals surface area contributed by atoms with Crippen LogP contribution in [0.2, 0.25) is 0 Å². The maximum atomic E-state index is 12.6. The van der Waals surface area contributed by atoms with Crippen LogP contribution in [-0.2, 0) is 9.84 Å². The molecule has 0 heterocycles. The van der Waals surface area contributed by atoms with Crippen molar-refractivity contribution < 1.29 is 8.42 Å². The van der Waals surface area contributed by atoms with Crippen LogP contribution < -0.4 is 5.32 Å². The van der Waals surface area contributed by atoms with Gasteiger partial charge in [-0.2, -0.15) is 0 Å². The van der Waals surface area contributed by atoms with Crippen LogP contribution in [0.25, 0.3) is 0 Å². The summed E-state index contributed by atoms with van der Waals surface area (Å²) in [6.07, 6.45) is 1.79. The van der Waals surface area contributed by atoms with Crippen LogP contribution in [0.4, 0.5) is 0 Å². The highest BCUT2D eigenvalue weighted by Crippen LogP contribution is 2.26. The summed E-state index contributed by atoms with van der Waals surface area (Å²) in [6.45, 7) is 6.71. The predicted octanol–water partition coefficient (Wildman–Crippen LogP) is 3.39. The fourth-order valence-electron chi connectivity index (χ4n) is 2.06. The van der Waals surface area contributed by atoms with Crippen molar-refractivity contribution in [3.05, 3.63) is 28.7 Å². The number of hydrogen-bond donors (Lipinski definition) is 1. The Morgan fingerprint density at radius 1 is 1.26 bits per heavy atom. The molecule has 0 amide bonds. The lowest BCUT2D eigenvalue weighted by molar-refractivity contribution is 0.472. The Morgan fingerprint density at radius 2 is 1.89 bits per heavy atom. The van der Waals surface area contributed by atoms with Gasteiger partial charge in [-0.3, -0.25) is 0 Å². The molecule has 5 heteroatoms. The van der Waals surface area contributed by atoms with Gasteiger partial charge < -0.3 is 5.32 Å². The normalized spacial score (nSPS) is 15.2. The van der Waals surface area contributed by atoms with Crippen molar-refractivity contribution in [3.63, 3.8) is 0 Å². The van der Waals surface area contributed by atoms with E-state index in [0.29, 0.717) is 9.37 Å². The summed E-state index contributed by atoms with van der Waals surface area (Å²) in [4.78, 5) is 0.374. The Morgan fingerprint density at radius 3 is 2.42 bits per heavy atom. The van der Waals surface area contributed by atoms with Crippen molar-refractivity contribution in [2.45, 2.75) is 49.8 Å². The van der Waals surface area contributed by atoms with Gasteiger partial charge in [-0.15, -0.1) is 0 Å². The molecule has 108 valence electrons. The van der Waals surface area contributed by atoms with E-state index in [1.807, 2.05) is 13.0 Å². The molecule has 0 saturated heterocycles. The van der Waals surface area contributed by atoms with Crippen LogP contribution in [0.1, 0.15) is 33.6 Å². The number of benzene rings is 1. The number of halogens is 1. The molecule has 2 unspecified atom stereocenters. The Hall–Kier alpha value is -0.390. The molecule has 3 nitrogen and oxygen atoms in total. The summed E-state index contributed by atoms with van der Waals surface area (Å²) in [5, 5.41) is 2.88. The van der Waals surface area contributed by atoms with E-state index in [1.54, 1.807) is 25.1 Å². The predicted molar refractivity (Wildman–Crippen MR) is 83.2 cm³/mol. The first kappa shape index (κ1) is 16.7. The first-order chi connectivity index (χ1) is 8.95. The Kier molecular flexibility index (Phi) is 6.50. The summed E-state index contributed by atoms with van der Waals surface area (Å²) in [5.41, 5.74) is 0. The van der Waals surface area contributed by atoms with Crippen LogP contribution in [0.5, 0.6) is 0 Å². The molecule has 0 spiro atoms. The molecular formula is C14H22BrNO2S. The average molecular weight is 348 g/mol. The molecule has 1 aromatic carbocycles. The summed E-state index contributed by atoms with van der Waals surface area (Å²) < 4.78 is 25.9. The van der Waals surface area contributed by atoms with E-state index in [4.69, 9.17) is 0 Å². The van der Waals surface area contributed by atoms with Gasteiger partial charge in [0.15, 0.2) is 9.84 Å². The van der Waals surface area contributed by atoms with Crippen molar-refractivity contribution in [3.8, 4) is 0 Å². The zero-order chi connectivity index (χ0) is 14.5. The van der Waals surface area contributed by atoms with Crippen LogP contribution in [0.3, 0.4) is 0 Å². The maximum absolute atomic E-state index is 12.6. The third kappa shape index (κ3) is 4.04. The average Bonchev–Trinajstić information content (AvgIpc) is 2.39. The molecule has 1 N–H and O–H groups in total. The van der Waals surface area contributed by atoms with E-state index in [0.717, 1.165) is 19.4 Å². The smallest absolute Gasteiger partial charge is 0.183 e. The van der Waals surface area contributed by atoms with E-state index >= 15 is 0 Å². The Labute approximate surface area is 124 Å². The van der Waals surface area contributed by atoms with Crippen molar-refractivity contribution in [1.82, 2.24) is 5.32 Å². The third-order valence-electron chi connectivity index (χ3n) is 3.30. The molecule has 19 heavy (non-hydrogen) atoms. The Bertz CT molecular complexity index is 502. The van der Waals surface area contributed by atoms with Gasteiger partial charge in [0.25, 0.3) is 0 Å². The number of rotatable bonds is 7. The number of hydrogen-bond acceptors (Lipinski definition) is 3. The van der Waals surface area contributed by atoms with E-state index < -0.39 is 15.1 Å². The lowest BCUT2D eigenvalue weighted by atomic mass is 10.1. The van der Waals surface area contributed by atoms with Gasteiger partial charge in [0.05, 0.1) is 10.1 Å². The molecule has 0 aromatic heterocycles.